The zero-order chi connectivity index (χ0) is 36.3. The molecule has 1 fully saturated rings. The zero-order valence-electron chi connectivity index (χ0n) is 31.7. The monoisotopic (exact) mass is 688 g/mol. The fraction of sp³-hybridized carbons (Fsp3) is 0.326. The van der Waals surface area contributed by atoms with Gasteiger partial charge in [0.05, 0.1) is 23.6 Å². The highest BCUT2D eigenvalue weighted by Gasteiger charge is 2.39. The summed E-state index contributed by atoms with van der Waals surface area (Å²) in [4.78, 5) is 21.9. The van der Waals surface area contributed by atoms with Gasteiger partial charge in [-0.1, -0.05) is 88.4 Å². The standard InChI is InChI=1S/C46H52N6/c1-45(2)38-20-7-9-22-40(38)50(5)42(45)26-24-34-16-15-17-35(25-27-43-46(3,4)39-21-8-10-23-41(39)51(43)6)44(34)49-30-31-52(32-36-18-11-13-28-47-36)33-37-19-12-14-29-48-37/h7-14,18-29H,15-17,30-33H2,1-6H3/b34-24+,35-25?,42-26-,43-27?,49-44?. The summed E-state index contributed by atoms with van der Waals surface area (Å²) in [7, 11) is 4.39. The normalized spacial score (nSPS) is 21.6. The predicted octanol–water partition coefficient (Wildman–Crippen LogP) is 9.58. The van der Waals surface area contributed by atoms with E-state index in [0.29, 0.717) is 6.54 Å². The third-order valence-electron chi connectivity index (χ3n) is 11.2. The molecule has 6 heteroatoms. The van der Waals surface area contributed by atoms with Crippen LogP contribution in [0.4, 0.5) is 11.4 Å². The van der Waals surface area contributed by atoms with E-state index in [9.17, 15) is 0 Å². The molecule has 1 saturated carbocycles. The second-order valence-corrected chi connectivity index (χ2v) is 15.3. The lowest BCUT2D eigenvalue weighted by molar-refractivity contribution is 0.258. The molecule has 0 saturated heterocycles. The Balaban J connectivity index is 1.23. The summed E-state index contributed by atoms with van der Waals surface area (Å²) in [5.41, 5.74) is 13.6. The maximum atomic E-state index is 5.46. The van der Waals surface area contributed by atoms with E-state index < -0.39 is 0 Å². The number of benzene rings is 2. The number of likely N-dealkylation sites (N-methyl/N-ethyl adjacent to an activating group) is 2. The van der Waals surface area contributed by atoms with Gasteiger partial charge in [0.2, 0.25) is 0 Å². The van der Waals surface area contributed by atoms with Crippen LogP contribution >= 0.6 is 0 Å². The van der Waals surface area contributed by atoms with Gasteiger partial charge in [0.15, 0.2) is 0 Å². The molecule has 2 aliphatic heterocycles. The lowest BCUT2D eigenvalue weighted by Crippen LogP contribution is -2.27. The third kappa shape index (κ3) is 7.05. The average Bonchev–Trinajstić information content (AvgIpc) is 3.47. The van der Waals surface area contributed by atoms with Crippen LogP contribution in [-0.4, -0.2) is 47.8 Å². The number of hydrogen-bond donors (Lipinski definition) is 0. The zero-order valence-corrected chi connectivity index (χ0v) is 31.7. The van der Waals surface area contributed by atoms with Gasteiger partial charge in [-0.2, -0.15) is 0 Å². The molecule has 2 aromatic heterocycles. The maximum Gasteiger partial charge on any atom is 0.0638 e. The topological polar surface area (TPSA) is 47.9 Å². The van der Waals surface area contributed by atoms with Crippen LogP contribution in [0.1, 0.15) is 69.5 Å². The summed E-state index contributed by atoms with van der Waals surface area (Å²) in [5.74, 6) is 0. The van der Waals surface area contributed by atoms with Crippen molar-refractivity contribution in [1.82, 2.24) is 14.9 Å². The lowest BCUT2D eigenvalue weighted by Gasteiger charge is -2.26. The Kier molecular flexibility index (Phi) is 10.1. The lowest BCUT2D eigenvalue weighted by atomic mass is 9.82. The summed E-state index contributed by atoms with van der Waals surface area (Å²) in [6.07, 6.45) is 16.3. The van der Waals surface area contributed by atoms with Gasteiger partial charge in [-0.15, -0.1) is 0 Å². The van der Waals surface area contributed by atoms with Crippen LogP contribution in [0.2, 0.25) is 0 Å². The summed E-state index contributed by atoms with van der Waals surface area (Å²) < 4.78 is 0. The molecule has 2 aromatic carbocycles. The van der Waals surface area contributed by atoms with E-state index in [1.165, 1.54) is 45.0 Å². The van der Waals surface area contributed by atoms with Gasteiger partial charge in [-0.25, -0.2) is 0 Å². The average molecular weight is 689 g/mol. The van der Waals surface area contributed by atoms with Crippen molar-refractivity contribution in [3.63, 3.8) is 0 Å². The largest absolute Gasteiger partial charge is 0.347 e. The third-order valence-corrected chi connectivity index (χ3v) is 11.2. The summed E-state index contributed by atoms with van der Waals surface area (Å²) in [6, 6.07) is 29.8. The number of nitrogens with zero attached hydrogens (tertiary/aromatic N) is 6. The van der Waals surface area contributed by atoms with Crippen molar-refractivity contribution in [3.05, 3.63) is 167 Å². The van der Waals surface area contributed by atoms with Gasteiger partial charge in [-0.05, 0) is 90.1 Å². The molecule has 266 valence electrons. The molecule has 1 aliphatic carbocycles. The van der Waals surface area contributed by atoms with Crippen molar-refractivity contribution in [2.45, 2.75) is 70.9 Å². The van der Waals surface area contributed by atoms with Crippen molar-refractivity contribution < 1.29 is 0 Å². The molecule has 3 aliphatic rings. The Bertz CT molecular complexity index is 1910. The van der Waals surface area contributed by atoms with E-state index in [1.54, 1.807) is 0 Å². The molecule has 0 atom stereocenters. The number of allylic oxidation sites excluding steroid dienone is 8. The van der Waals surface area contributed by atoms with Crippen molar-refractivity contribution in [2.24, 2.45) is 4.99 Å². The molecule has 0 spiro atoms. The predicted molar refractivity (Wildman–Crippen MR) is 217 cm³/mol. The second-order valence-electron chi connectivity index (χ2n) is 15.3. The van der Waals surface area contributed by atoms with Crippen molar-refractivity contribution in [2.75, 3.05) is 37.0 Å². The van der Waals surface area contributed by atoms with Gasteiger partial charge in [0, 0.05) is 79.7 Å². The van der Waals surface area contributed by atoms with Gasteiger partial charge in [0.1, 0.15) is 0 Å². The highest BCUT2D eigenvalue weighted by atomic mass is 15.2. The first-order valence-electron chi connectivity index (χ1n) is 18.7. The highest BCUT2D eigenvalue weighted by Crippen LogP contribution is 2.48. The van der Waals surface area contributed by atoms with Crippen molar-refractivity contribution >= 4 is 17.1 Å². The summed E-state index contributed by atoms with van der Waals surface area (Å²) >= 11 is 0. The van der Waals surface area contributed by atoms with E-state index in [4.69, 9.17) is 4.99 Å². The molecule has 6 nitrogen and oxygen atoms in total. The molecule has 4 heterocycles. The van der Waals surface area contributed by atoms with Crippen LogP contribution in [0.25, 0.3) is 0 Å². The summed E-state index contributed by atoms with van der Waals surface area (Å²) in [6.45, 7) is 12.3. The van der Waals surface area contributed by atoms with Gasteiger partial charge in [0.25, 0.3) is 0 Å². The molecule has 0 unspecified atom stereocenters. The number of aromatic nitrogens is 2. The Labute approximate surface area is 310 Å². The minimum absolute atomic E-state index is 0.0808. The van der Waals surface area contributed by atoms with Crippen LogP contribution in [0.5, 0.6) is 0 Å². The molecule has 52 heavy (non-hydrogen) atoms. The summed E-state index contributed by atoms with van der Waals surface area (Å²) in [5, 5.41) is 0. The molecule has 0 radical (unpaired) electrons. The van der Waals surface area contributed by atoms with Crippen LogP contribution in [0.3, 0.4) is 0 Å². The Hall–Kier alpha value is -5.07. The van der Waals surface area contributed by atoms with Gasteiger partial charge in [-0.3, -0.25) is 19.9 Å². The van der Waals surface area contributed by atoms with Crippen LogP contribution in [-0.2, 0) is 23.9 Å². The minimum Gasteiger partial charge on any atom is -0.347 e. The number of rotatable bonds is 9. The second kappa shape index (κ2) is 14.9. The van der Waals surface area contributed by atoms with Crippen LogP contribution in [0, 0.1) is 0 Å². The van der Waals surface area contributed by atoms with Gasteiger partial charge >= 0.3 is 0 Å². The van der Waals surface area contributed by atoms with E-state index in [2.05, 4.69) is 164 Å². The quantitative estimate of drug-likeness (QED) is 0.175. The number of anilines is 2. The van der Waals surface area contributed by atoms with Gasteiger partial charge < -0.3 is 9.80 Å². The Morgan fingerprint density at radius 3 is 1.54 bits per heavy atom. The molecule has 4 aromatic rings. The Morgan fingerprint density at radius 1 is 0.635 bits per heavy atom. The first kappa shape index (κ1) is 35.3. The molecule has 0 N–H and O–H groups in total. The highest BCUT2D eigenvalue weighted by molar-refractivity contribution is 6.13. The van der Waals surface area contributed by atoms with Crippen LogP contribution in [0.15, 0.2) is 149 Å². The van der Waals surface area contributed by atoms with E-state index in [1.807, 2.05) is 24.5 Å². The molecular formula is C46H52N6. The number of aliphatic imine (C=N–C) groups is 1. The Morgan fingerprint density at radius 2 is 1.10 bits per heavy atom. The maximum absolute atomic E-state index is 5.46. The number of fused-ring (bicyclic) bond motifs is 2. The van der Waals surface area contributed by atoms with Crippen molar-refractivity contribution in [1.29, 1.82) is 0 Å². The van der Waals surface area contributed by atoms with E-state index >= 15 is 0 Å². The molecule has 0 bridgehead atoms. The minimum atomic E-state index is -0.0808. The van der Waals surface area contributed by atoms with E-state index in [0.717, 1.165) is 56.0 Å². The fourth-order valence-electron chi connectivity index (χ4n) is 8.36. The van der Waals surface area contributed by atoms with E-state index in [-0.39, 0.29) is 10.8 Å². The SMILES string of the molecule is CN1C(=CC=C2CCC/C(=C\C=C3/N(C)c4ccccc4C3(C)C)C2=NCCN(Cc2ccccn2)Cc2ccccn2)C(C)(C)c2ccccc21. The van der Waals surface area contributed by atoms with Crippen molar-refractivity contribution in [3.8, 4) is 0 Å². The number of hydrogen-bond acceptors (Lipinski definition) is 6. The smallest absolute Gasteiger partial charge is 0.0638 e. The first-order valence-corrected chi connectivity index (χ1v) is 18.7. The molecule has 7 rings (SSSR count). The number of pyridine rings is 2. The molecular weight excluding hydrogens is 637 g/mol. The molecule has 0 amide bonds. The van der Waals surface area contributed by atoms with Crippen LogP contribution < -0.4 is 9.80 Å². The fourth-order valence-corrected chi connectivity index (χ4v) is 8.36. The number of para-hydroxylation sites is 2. The first-order chi connectivity index (χ1) is 25.1.